The number of nitrogens with zero attached hydrogens (tertiary/aromatic N) is 3. The molecule has 3 aromatic rings. The number of aromatic nitrogens is 2. The van der Waals surface area contributed by atoms with Gasteiger partial charge in [-0.2, -0.15) is 5.10 Å². The smallest absolute Gasteiger partial charge is 0.243 e. The van der Waals surface area contributed by atoms with Gasteiger partial charge >= 0.3 is 0 Å². The van der Waals surface area contributed by atoms with E-state index in [1.807, 2.05) is 44.2 Å². The van der Waals surface area contributed by atoms with Gasteiger partial charge in [0.2, 0.25) is 17.7 Å². The van der Waals surface area contributed by atoms with Crippen molar-refractivity contribution in [3.8, 4) is 5.69 Å². The van der Waals surface area contributed by atoms with E-state index >= 15 is 0 Å². The zero-order valence-electron chi connectivity index (χ0n) is 17.2. The van der Waals surface area contributed by atoms with Gasteiger partial charge in [0.15, 0.2) is 0 Å². The van der Waals surface area contributed by atoms with Crippen LogP contribution in [0, 0.1) is 13.8 Å². The van der Waals surface area contributed by atoms with Crippen molar-refractivity contribution >= 4 is 29.2 Å². The summed E-state index contributed by atoms with van der Waals surface area (Å²) >= 11 is 0. The van der Waals surface area contributed by atoms with Gasteiger partial charge in [0.1, 0.15) is 17.8 Å². The molecule has 3 amide bonds. The standard InChI is InChI=1S/C23H21N5O3/c1-13-7-8-14(2)18(9-13)28-21-16(11-25-28)23(10-20(30)26-21)15-5-3-4-6-17(15)27(22(23)31)12-19(24)29/h3-9,11H,10,12H2,1-2H3,(H2,24,29)(H,26,30)/t23-/m1/s1. The summed E-state index contributed by atoms with van der Waals surface area (Å²) in [6, 6.07) is 13.2. The number of primary amides is 1. The van der Waals surface area contributed by atoms with Gasteiger partial charge in [-0.15, -0.1) is 0 Å². The van der Waals surface area contributed by atoms with Crippen LogP contribution < -0.4 is 16.0 Å². The average molecular weight is 415 g/mol. The maximum Gasteiger partial charge on any atom is 0.243 e. The quantitative estimate of drug-likeness (QED) is 0.681. The van der Waals surface area contributed by atoms with E-state index in [0.29, 0.717) is 22.6 Å². The fraction of sp³-hybridized carbons (Fsp3) is 0.217. The number of hydrogen-bond donors (Lipinski definition) is 2. The number of aryl methyl sites for hydroxylation is 2. The number of nitrogens with two attached hydrogens (primary N) is 1. The number of rotatable bonds is 3. The van der Waals surface area contributed by atoms with Gasteiger partial charge in [0.25, 0.3) is 0 Å². The molecule has 8 heteroatoms. The van der Waals surface area contributed by atoms with E-state index in [1.165, 1.54) is 4.90 Å². The highest BCUT2D eigenvalue weighted by Gasteiger charge is 2.57. The third-order valence-corrected chi connectivity index (χ3v) is 6.08. The van der Waals surface area contributed by atoms with Crippen molar-refractivity contribution in [1.29, 1.82) is 0 Å². The minimum absolute atomic E-state index is 0.0659. The summed E-state index contributed by atoms with van der Waals surface area (Å²) in [6.45, 7) is 3.70. The first-order chi connectivity index (χ1) is 14.8. The van der Waals surface area contributed by atoms with Crippen molar-refractivity contribution in [2.75, 3.05) is 16.8 Å². The maximum absolute atomic E-state index is 13.8. The first-order valence-corrected chi connectivity index (χ1v) is 9.98. The summed E-state index contributed by atoms with van der Waals surface area (Å²) in [6.07, 6.45) is 1.57. The lowest BCUT2D eigenvalue weighted by Crippen LogP contribution is -2.48. The SMILES string of the molecule is Cc1ccc(C)c(-n2ncc3c2NC(=O)C[C@]32C(=O)N(CC(N)=O)c3ccccc32)c1. The fourth-order valence-electron chi connectivity index (χ4n) is 4.69. The second-order valence-electron chi connectivity index (χ2n) is 8.11. The Morgan fingerprint density at radius 3 is 2.68 bits per heavy atom. The summed E-state index contributed by atoms with van der Waals surface area (Å²) in [5, 5.41) is 7.47. The minimum Gasteiger partial charge on any atom is -0.368 e. The Balaban J connectivity index is 1.76. The third-order valence-electron chi connectivity index (χ3n) is 6.08. The van der Waals surface area contributed by atoms with Crippen LogP contribution in [0.15, 0.2) is 48.7 Å². The highest BCUT2D eigenvalue weighted by atomic mass is 16.2. The first-order valence-electron chi connectivity index (χ1n) is 9.98. The van der Waals surface area contributed by atoms with Crippen molar-refractivity contribution in [1.82, 2.24) is 9.78 Å². The topological polar surface area (TPSA) is 110 Å². The number of anilines is 2. The largest absolute Gasteiger partial charge is 0.368 e. The zero-order chi connectivity index (χ0) is 21.9. The Morgan fingerprint density at radius 2 is 1.90 bits per heavy atom. The van der Waals surface area contributed by atoms with Crippen molar-refractivity contribution in [3.05, 3.63) is 70.9 Å². The molecule has 156 valence electrons. The lowest BCUT2D eigenvalue weighted by atomic mass is 9.72. The Kier molecular flexibility index (Phi) is 4.01. The number of carbonyl (C=O) groups excluding carboxylic acids is 3. The molecule has 2 aliphatic rings. The number of benzene rings is 2. The zero-order valence-corrected chi connectivity index (χ0v) is 17.2. The number of carbonyl (C=O) groups is 3. The molecule has 0 fully saturated rings. The molecule has 1 aromatic heterocycles. The van der Waals surface area contributed by atoms with E-state index in [0.717, 1.165) is 16.8 Å². The summed E-state index contributed by atoms with van der Waals surface area (Å²) in [5.74, 6) is -0.784. The van der Waals surface area contributed by atoms with Crippen molar-refractivity contribution in [2.45, 2.75) is 25.7 Å². The van der Waals surface area contributed by atoms with Crippen LogP contribution >= 0.6 is 0 Å². The van der Waals surface area contributed by atoms with E-state index in [4.69, 9.17) is 5.73 Å². The normalized spacial score (nSPS) is 19.4. The van der Waals surface area contributed by atoms with E-state index < -0.39 is 11.3 Å². The molecule has 2 aromatic carbocycles. The van der Waals surface area contributed by atoms with E-state index in [1.54, 1.807) is 23.0 Å². The molecule has 31 heavy (non-hydrogen) atoms. The van der Waals surface area contributed by atoms with E-state index in [9.17, 15) is 14.4 Å². The van der Waals surface area contributed by atoms with Gasteiger partial charge in [-0.25, -0.2) is 4.68 Å². The lowest BCUT2D eigenvalue weighted by Gasteiger charge is -2.32. The predicted octanol–water partition coefficient (Wildman–Crippen LogP) is 1.95. The average Bonchev–Trinajstić information content (AvgIpc) is 3.24. The molecule has 0 radical (unpaired) electrons. The van der Waals surface area contributed by atoms with Crippen LogP contribution in [0.4, 0.5) is 11.5 Å². The number of amides is 3. The Hall–Kier alpha value is -3.94. The van der Waals surface area contributed by atoms with Crippen LogP contribution in [0.1, 0.15) is 28.7 Å². The van der Waals surface area contributed by atoms with Crippen LogP contribution in [-0.2, 0) is 19.8 Å². The lowest BCUT2D eigenvalue weighted by molar-refractivity contribution is -0.127. The Bertz CT molecular complexity index is 1280. The molecule has 0 aliphatic carbocycles. The van der Waals surface area contributed by atoms with Crippen LogP contribution in [0.2, 0.25) is 0 Å². The maximum atomic E-state index is 13.8. The number of fused-ring (bicyclic) bond motifs is 4. The van der Waals surface area contributed by atoms with Gasteiger partial charge in [0, 0.05) is 17.7 Å². The first kappa shape index (κ1) is 19.0. The molecule has 1 spiro atoms. The predicted molar refractivity (Wildman–Crippen MR) is 115 cm³/mol. The van der Waals surface area contributed by atoms with Gasteiger partial charge in [-0.1, -0.05) is 30.3 Å². The van der Waals surface area contributed by atoms with Gasteiger partial charge in [0.05, 0.1) is 11.9 Å². The summed E-state index contributed by atoms with van der Waals surface area (Å²) < 4.78 is 1.67. The molecule has 3 heterocycles. The number of hydrogen-bond acceptors (Lipinski definition) is 4. The molecule has 0 saturated heterocycles. The Morgan fingerprint density at radius 1 is 1.13 bits per heavy atom. The van der Waals surface area contributed by atoms with Crippen LogP contribution in [0.3, 0.4) is 0 Å². The number of para-hydroxylation sites is 1. The van der Waals surface area contributed by atoms with Crippen molar-refractivity contribution in [3.63, 3.8) is 0 Å². The highest BCUT2D eigenvalue weighted by Crippen LogP contribution is 2.52. The van der Waals surface area contributed by atoms with Crippen LogP contribution in [0.25, 0.3) is 5.69 Å². The second kappa shape index (κ2) is 6.53. The van der Waals surface area contributed by atoms with Gasteiger partial charge in [-0.3, -0.25) is 14.4 Å². The molecule has 0 unspecified atom stereocenters. The van der Waals surface area contributed by atoms with Crippen molar-refractivity contribution < 1.29 is 14.4 Å². The molecule has 5 rings (SSSR count). The molecular weight excluding hydrogens is 394 g/mol. The second-order valence-corrected chi connectivity index (χ2v) is 8.11. The van der Waals surface area contributed by atoms with Crippen molar-refractivity contribution in [2.24, 2.45) is 5.73 Å². The highest BCUT2D eigenvalue weighted by molar-refractivity contribution is 6.17. The van der Waals surface area contributed by atoms with Crippen LogP contribution in [0.5, 0.6) is 0 Å². The van der Waals surface area contributed by atoms with E-state index in [2.05, 4.69) is 10.4 Å². The molecule has 1 atom stereocenters. The third kappa shape index (κ3) is 2.61. The monoisotopic (exact) mass is 415 g/mol. The molecule has 0 saturated carbocycles. The summed E-state index contributed by atoms with van der Waals surface area (Å²) in [5.41, 5.74) is 8.90. The van der Waals surface area contributed by atoms with Gasteiger partial charge < -0.3 is 16.0 Å². The Labute approximate surface area is 178 Å². The molecule has 0 bridgehead atoms. The molecular formula is C23H21N5O3. The molecule has 8 nitrogen and oxygen atoms in total. The van der Waals surface area contributed by atoms with Crippen LogP contribution in [-0.4, -0.2) is 34.0 Å². The summed E-state index contributed by atoms with van der Waals surface area (Å²) in [4.78, 5) is 39.7. The minimum atomic E-state index is -1.25. The van der Waals surface area contributed by atoms with Gasteiger partial charge in [-0.05, 0) is 42.7 Å². The fourth-order valence-corrected chi connectivity index (χ4v) is 4.69. The van der Waals surface area contributed by atoms with E-state index in [-0.39, 0.29) is 24.8 Å². The molecule has 2 aliphatic heterocycles. The molecule has 3 N–H and O–H groups in total. The summed E-state index contributed by atoms with van der Waals surface area (Å²) in [7, 11) is 0. The number of nitrogens with one attached hydrogen (secondary N) is 1.